The van der Waals surface area contributed by atoms with Crippen LogP contribution in [-0.4, -0.2) is 69.0 Å². The van der Waals surface area contributed by atoms with Crippen LogP contribution in [0.3, 0.4) is 0 Å². The molecule has 26 heavy (non-hydrogen) atoms. The van der Waals surface area contributed by atoms with Crippen molar-refractivity contribution in [1.82, 2.24) is 9.62 Å². The number of nitrogens with zero attached hydrogens (tertiary/aromatic N) is 1. The van der Waals surface area contributed by atoms with Crippen LogP contribution in [0.25, 0.3) is 0 Å². The molecule has 0 aromatic heterocycles. The van der Waals surface area contributed by atoms with Gasteiger partial charge in [0, 0.05) is 6.54 Å². The summed E-state index contributed by atoms with van der Waals surface area (Å²) in [4.78, 5) is 25.7. The Labute approximate surface area is 157 Å². The average Bonchev–Trinajstić information content (AvgIpc) is 2.65. The maximum absolute atomic E-state index is 12.9. The zero-order chi connectivity index (χ0) is 19.2. The fourth-order valence-electron chi connectivity index (χ4n) is 2.57. The van der Waals surface area contributed by atoms with Crippen LogP contribution in [0.4, 0.5) is 0 Å². The molecule has 2 amide bonds. The Morgan fingerprint density at radius 2 is 2.08 bits per heavy atom. The van der Waals surface area contributed by atoms with Crippen molar-refractivity contribution in [2.45, 2.75) is 23.5 Å². The summed E-state index contributed by atoms with van der Waals surface area (Å²) in [5, 5.41) is 0. The average molecular weight is 402 g/mol. The van der Waals surface area contributed by atoms with Crippen molar-refractivity contribution in [1.29, 1.82) is 0 Å². The highest BCUT2D eigenvalue weighted by Gasteiger charge is 2.33. The molecule has 8 nitrogen and oxygen atoms in total. The third-order valence-corrected chi connectivity index (χ3v) is 6.09. The van der Waals surface area contributed by atoms with Gasteiger partial charge in [-0.2, -0.15) is 16.5 Å². The molecule has 2 atom stereocenters. The van der Waals surface area contributed by atoms with E-state index in [4.69, 9.17) is 10.5 Å². The summed E-state index contributed by atoms with van der Waals surface area (Å²) in [5.41, 5.74) is 5.25. The highest BCUT2D eigenvalue weighted by atomic mass is 32.2. The zero-order valence-electron chi connectivity index (χ0n) is 14.5. The fraction of sp³-hybridized carbons (Fsp3) is 0.500. The van der Waals surface area contributed by atoms with Crippen molar-refractivity contribution >= 4 is 33.6 Å². The molecule has 144 valence electrons. The number of morpholine rings is 1. The molecule has 1 saturated heterocycles. The van der Waals surface area contributed by atoms with Crippen LogP contribution in [0.2, 0.25) is 0 Å². The highest BCUT2D eigenvalue weighted by molar-refractivity contribution is 7.98. The predicted octanol–water partition coefficient (Wildman–Crippen LogP) is -0.201. The number of benzene rings is 1. The first-order valence-electron chi connectivity index (χ1n) is 8.11. The summed E-state index contributed by atoms with van der Waals surface area (Å²) < 4.78 is 32.9. The van der Waals surface area contributed by atoms with E-state index < -0.39 is 28.1 Å². The molecule has 3 N–H and O–H groups in total. The van der Waals surface area contributed by atoms with Gasteiger partial charge in [0.25, 0.3) is 0 Å². The smallest absolute Gasteiger partial charge is 0.248 e. The predicted molar refractivity (Wildman–Crippen MR) is 99.1 cm³/mol. The molecule has 1 heterocycles. The number of amides is 2. The van der Waals surface area contributed by atoms with Crippen LogP contribution >= 0.6 is 11.8 Å². The minimum atomic E-state index is -3.83. The summed E-state index contributed by atoms with van der Waals surface area (Å²) in [5.74, 6) is -0.418. The molecule has 0 radical (unpaired) electrons. The molecular weight excluding hydrogens is 378 g/mol. The van der Waals surface area contributed by atoms with Crippen LogP contribution in [-0.2, 0) is 24.3 Å². The van der Waals surface area contributed by atoms with Crippen molar-refractivity contribution in [2.24, 2.45) is 5.73 Å². The van der Waals surface area contributed by atoms with Gasteiger partial charge in [-0.15, -0.1) is 0 Å². The van der Waals surface area contributed by atoms with E-state index in [1.165, 1.54) is 28.8 Å². The van der Waals surface area contributed by atoms with Crippen LogP contribution in [0.15, 0.2) is 35.2 Å². The number of primary amides is 1. The first kappa shape index (κ1) is 20.7. The van der Waals surface area contributed by atoms with Crippen LogP contribution in [0.5, 0.6) is 0 Å². The Hall–Kier alpha value is -1.62. The van der Waals surface area contributed by atoms with Gasteiger partial charge in [-0.3, -0.25) is 9.59 Å². The van der Waals surface area contributed by atoms with Gasteiger partial charge in [-0.05, 0) is 30.6 Å². The highest BCUT2D eigenvalue weighted by Crippen LogP contribution is 2.14. The third-order valence-electron chi connectivity index (χ3n) is 3.96. The molecule has 1 fully saturated rings. The van der Waals surface area contributed by atoms with E-state index in [2.05, 4.69) is 4.72 Å². The van der Waals surface area contributed by atoms with E-state index >= 15 is 0 Å². The minimum absolute atomic E-state index is 0.0248. The Morgan fingerprint density at radius 1 is 1.38 bits per heavy atom. The van der Waals surface area contributed by atoms with Gasteiger partial charge in [-0.1, -0.05) is 18.2 Å². The standard InChI is InChI=1S/C16H23N3O5S2/c1-25-10-7-13(18-26(22,23)12-5-3-2-4-6-12)16(21)19-8-9-24-14(11-19)15(17)20/h2-6,13-14,18H,7-11H2,1H3,(H2,17,20)/t13-,14-/m1/s1. The molecule has 1 aliphatic rings. The molecule has 0 spiro atoms. The number of nitrogens with one attached hydrogen (secondary N) is 1. The molecule has 0 saturated carbocycles. The SMILES string of the molecule is CSCC[C@@H](NS(=O)(=O)c1ccccc1)C(=O)N1CCO[C@@H](C(N)=O)C1. The second-order valence-electron chi connectivity index (χ2n) is 5.81. The van der Waals surface area contributed by atoms with E-state index in [1.54, 1.807) is 18.2 Å². The Kier molecular flexibility index (Phi) is 7.44. The van der Waals surface area contributed by atoms with Gasteiger partial charge < -0.3 is 15.4 Å². The molecule has 1 aromatic carbocycles. The lowest BCUT2D eigenvalue weighted by Crippen LogP contribution is -2.56. The molecule has 2 rings (SSSR count). The number of rotatable bonds is 8. The van der Waals surface area contributed by atoms with Gasteiger partial charge in [0.15, 0.2) is 6.10 Å². The number of ether oxygens (including phenoxy) is 1. The molecule has 0 unspecified atom stereocenters. The number of carbonyl (C=O) groups is 2. The number of hydrogen-bond donors (Lipinski definition) is 2. The van der Waals surface area contributed by atoms with E-state index in [0.29, 0.717) is 12.2 Å². The van der Waals surface area contributed by atoms with E-state index in [0.717, 1.165) is 0 Å². The lowest BCUT2D eigenvalue weighted by atomic mass is 10.2. The van der Waals surface area contributed by atoms with Gasteiger partial charge in [0.2, 0.25) is 21.8 Å². The number of sulfonamides is 1. The molecular formula is C16H23N3O5S2. The normalized spacial score (nSPS) is 19.1. The molecule has 1 aliphatic heterocycles. The molecule has 10 heteroatoms. The number of hydrogen-bond acceptors (Lipinski definition) is 6. The molecule has 0 aliphatic carbocycles. The summed E-state index contributed by atoms with van der Waals surface area (Å²) in [7, 11) is -3.83. The molecule has 0 bridgehead atoms. The quantitative estimate of drug-likeness (QED) is 0.623. The summed E-state index contributed by atoms with van der Waals surface area (Å²) in [6.07, 6.45) is 1.34. The number of thioether (sulfide) groups is 1. The molecule has 1 aromatic rings. The topological polar surface area (TPSA) is 119 Å². The second-order valence-corrected chi connectivity index (χ2v) is 8.51. The van der Waals surface area contributed by atoms with Crippen LogP contribution in [0.1, 0.15) is 6.42 Å². The minimum Gasteiger partial charge on any atom is -0.367 e. The van der Waals surface area contributed by atoms with Gasteiger partial charge in [0.05, 0.1) is 18.0 Å². The first-order valence-corrected chi connectivity index (χ1v) is 11.0. The van der Waals surface area contributed by atoms with Gasteiger partial charge >= 0.3 is 0 Å². The van der Waals surface area contributed by atoms with E-state index in [1.807, 2.05) is 6.26 Å². The summed E-state index contributed by atoms with van der Waals surface area (Å²) >= 11 is 1.52. The zero-order valence-corrected chi connectivity index (χ0v) is 16.1. The van der Waals surface area contributed by atoms with E-state index in [-0.39, 0.29) is 30.5 Å². The maximum atomic E-state index is 12.9. The van der Waals surface area contributed by atoms with Gasteiger partial charge in [-0.25, -0.2) is 8.42 Å². The van der Waals surface area contributed by atoms with Crippen LogP contribution in [0, 0.1) is 0 Å². The Balaban J connectivity index is 2.15. The maximum Gasteiger partial charge on any atom is 0.248 e. The second kappa shape index (κ2) is 9.36. The lowest BCUT2D eigenvalue weighted by molar-refractivity contribution is -0.146. The van der Waals surface area contributed by atoms with Crippen molar-refractivity contribution in [2.75, 3.05) is 31.7 Å². The van der Waals surface area contributed by atoms with Crippen LogP contribution < -0.4 is 10.5 Å². The Bertz CT molecular complexity index is 727. The summed E-state index contributed by atoms with van der Waals surface area (Å²) in [6.45, 7) is 0.489. The Morgan fingerprint density at radius 3 is 2.69 bits per heavy atom. The van der Waals surface area contributed by atoms with Crippen molar-refractivity contribution in [3.8, 4) is 0 Å². The van der Waals surface area contributed by atoms with Crippen molar-refractivity contribution < 1.29 is 22.7 Å². The number of carbonyl (C=O) groups excluding carboxylic acids is 2. The first-order chi connectivity index (χ1) is 12.3. The monoisotopic (exact) mass is 401 g/mol. The van der Waals surface area contributed by atoms with Gasteiger partial charge in [0.1, 0.15) is 6.04 Å². The lowest BCUT2D eigenvalue weighted by Gasteiger charge is -2.34. The largest absolute Gasteiger partial charge is 0.367 e. The number of nitrogens with two attached hydrogens (primary N) is 1. The van der Waals surface area contributed by atoms with Crippen molar-refractivity contribution in [3.05, 3.63) is 30.3 Å². The summed E-state index contributed by atoms with van der Waals surface area (Å²) in [6, 6.07) is 6.97. The third kappa shape index (κ3) is 5.44. The van der Waals surface area contributed by atoms with E-state index in [9.17, 15) is 18.0 Å². The fourth-order valence-corrected chi connectivity index (χ4v) is 4.28. The van der Waals surface area contributed by atoms with Crippen molar-refractivity contribution in [3.63, 3.8) is 0 Å².